The van der Waals surface area contributed by atoms with Crippen LogP contribution in [0.15, 0.2) is 30.5 Å². The Morgan fingerprint density at radius 1 is 1.21 bits per heavy atom. The van der Waals surface area contributed by atoms with Crippen LogP contribution in [-0.2, 0) is 0 Å². The summed E-state index contributed by atoms with van der Waals surface area (Å²) < 4.78 is 16.1. The lowest BCUT2D eigenvalue weighted by Crippen LogP contribution is -1.99. The summed E-state index contributed by atoms with van der Waals surface area (Å²) in [6, 6.07) is 6.89. The van der Waals surface area contributed by atoms with E-state index in [9.17, 15) is 4.39 Å². The molecule has 3 rings (SSSR count). The van der Waals surface area contributed by atoms with E-state index in [0.29, 0.717) is 16.1 Å². The minimum Gasteiger partial charge on any atom is -0.329 e. The number of nitrogens with zero attached hydrogens (tertiary/aromatic N) is 2. The third-order valence-corrected chi connectivity index (χ3v) is 3.29. The Morgan fingerprint density at radius 3 is 2.79 bits per heavy atom. The van der Waals surface area contributed by atoms with Gasteiger partial charge >= 0.3 is 0 Å². The summed E-state index contributed by atoms with van der Waals surface area (Å²) >= 11 is 5.28. The fourth-order valence-electron chi connectivity index (χ4n) is 2.12. The van der Waals surface area contributed by atoms with Gasteiger partial charge in [-0.25, -0.2) is 9.37 Å². The highest BCUT2D eigenvalue weighted by Crippen LogP contribution is 2.21. The fraction of sp³-hybridized carbons (Fsp3) is 0.143. The lowest BCUT2D eigenvalue weighted by molar-refractivity contribution is 0.618. The topological polar surface area (TPSA) is 33.6 Å². The number of aryl methyl sites for hydroxylation is 2. The monoisotopic (exact) mass is 273 g/mol. The van der Waals surface area contributed by atoms with Gasteiger partial charge in [-0.05, 0) is 55.4 Å². The number of pyridine rings is 1. The molecule has 0 unspecified atom stereocenters. The molecule has 0 amide bonds. The zero-order valence-electron chi connectivity index (χ0n) is 10.6. The first-order valence-corrected chi connectivity index (χ1v) is 6.31. The van der Waals surface area contributed by atoms with Crippen molar-refractivity contribution in [1.82, 2.24) is 14.5 Å². The summed E-state index contributed by atoms with van der Waals surface area (Å²) in [5.74, 6) is -0.315. The summed E-state index contributed by atoms with van der Waals surface area (Å²) in [6.07, 6.45) is 1.75. The highest BCUT2D eigenvalue weighted by Gasteiger charge is 2.12. The molecule has 0 bridgehead atoms. The molecule has 96 valence electrons. The van der Waals surface area contributed by atoms with Crippen molar-refractivity contribution in [3.63, 3.8) is 0 Å². The summed E-state index contributed by atoms with van der Waals surface area (Å²) in [5.41, 5.74) is 3.87. The number of fused-ring (bicyclic) bond motifs is 1. The molecule has 2 aromatic heterocycles. The lowest BCUT2D eigenvalue weighted by atomic mass is 10.2. The van der Waals surface area contributed by atoms with Crippen LogP contribution in [0.3, 0.4) is 0 Å². The maximum Gasteiger partial charge on any atom is 0.184 e. The fourth-order valence-corrected chi connectivity index (χ4v) is 2.41. The van der Waals surface area contributed by atoms with Gasteiger partial charge in [-0.3, -0.25) is 4.57 Å². The van der Waals surface area contributed by atoms with Crippen molar-refractivity contribution in [1.29, 1.82) is 0 Å². The largest absolute Gasteiger partial charge is 0.329 e. The normalized spacial score (nSPS) is 11.1. The molecule has 1 N–H and O–H groups in total. The van der Waals surface area contributed by atoms with Gasteiger partial charge in [-0.1, -0.05) is 6.07 Å². The molecule has 3 nitrogen and oxygen atoms in total. The molecular formula is C14H12FN3S. The van der Waals surface area contributed by atoms with E-state index >= 15 is 0 Å². The van der Waals surface area contributed by atoms with E-state index in [-0.39, 0.29) is 5.82 Å². The van der Waals surface area contributed by atoms with E-state index in [4.69, 9.17) is 12.2 Å². The number of imidazole rings is 1. The number of H-pyrrole nitrogens is 1. The quantitative estimate of drug-likeness (QED) is 0.683. The van der Waals surface area contributed by atoms with E-state index in [1.165, 1.54) is 6.07 Å². The van der Waals surface area contributed by atoms with Crippen molar-refractivity contribution >= 4 is 23.4 Å². The highest BCUT2D eigenvalue weighted by atomic mass is 32.1. The molecule has 0 saturated carbocycles. The van der Waals surface area contributed by atoms with E-state index in [2.05, 4.69) is 9.97 Å². The summed E-state index contributed by atoms with van der Waals surface area (Å²) in [7, 11) is 0. The molecule has 2 heterocycles. The van der Waals surface area contributed by atoms with E-state index in [0.717, 1.165) is 16.6 Å². The third-order valence-electron chi connectivity index (χ3n) is 3.00. The highest BCUT2D eigenvalue weighted by molar-refractivity contribution is 7.71. The summed E-state index contributed by atoms with van der Waals surface area (Å²) in [4.78, 5) is 7.41. The standard InChI is InChI=1S/C14H12FN3S/c1-8-3-4-10(15)12(6-8)18-13-11(17-14(18)19)5-9(2)7-16-13/h3-7H,1-2H3,(H,17,19). The molecule has 0 spiro atoms. The minimum atomic E-state index is -0.315. The van der Waals surface area contributed by atoms with Crippen LogP contribution in [0.2, 0.25) is 0 Å². The predicted molar refractivity (Wildman–Crippen MR) is 75.7 cm³/mol. The lowest BCUT2D eigenvalue weighted by Gasteiger charge is -2.06. The first-order chi connectivity index (χ1) is 9.06. The van der Waals surface area contributed by atoms with Gasteiger partial charge in [0.15, 0.2) is 10.4 Å². The number of hydrogen-bond donors (Lipinski definition) is 1. The maximum atomic E-state index is 14.0. The second kappa shape index (κ2) is 4.28. The number of aromatic amines is 1. The molecule has 0 fully saturated rings. The van der Waals surface area contributed by atoms with Gasteiger partial charge in [-0.15, -0.1) is 0 Å². The van der Waals surface area contributed by atoms with Crippen molar-refractivity contribution < 1.29 is 4.39 Å². The zero-order valence-corrected chi connectivity index (χ0v) is 11.4. The van der Waals surface area contributed by atoms with Crippen LogP contribution in [0.5, 0.6) is 0 Å². The Labute approximate surface area is 114 Å². The van der Waals surface area contributed by atoms with Crippen molar-refractivity contribution in [2.45, 2.75) is 13.8 Å². The van der Waals surface area contributed by atoms with Crippen molar-refractivity contribution in [2.24, 2.45) is 0 Å². The molecule has 19 heavy (non-hydrogen) atoms. The number of rotatable bonds is 1. The Hall–Kier alpha value is -2.01. The minimum absolute atomic E-state index is 0.315. The van der Waals surface area contributed by atoms with Gasteiger partial charge in [-0.2, -0.15) is 0 Å². The van der Waals surface area contributed by atoms with Gasteiger partial charge in [0.1, 0.15) is 5.82 Å². The van der Waals surface area contributed by atoms with Gasteiger partial charge in [0.2, 0.25) is 0 Å². The maximum absolute atomic E-state index is 14.0. The van der Waals surface area contributed by atoms with Crippen LogP contribution in [0.4, 0.5) is 4.39 Å². The second-order valence-electron chi connectivity index (χ2n) is 4.60. The van der Waals surface area contributed by atoms with Crippen LogP contribution < -0.4 is 0 Å². The van der Waals surface area contributed by atoms with Gasteiger partial charge in [0.25, 0.3) is 0 Å². The molecule has 0 aliphatic carbocycles. The number of benzene rings is 1. The Kier molecular flexibility index (Phi) is 2.71. The molecule has 0 aliphatic rings. The van der Waals surface area contributed by atoms with Crippen molar-refractivity contribution in [3.8, 4) is 5.69 Å². The molecule has 0 atom stereocenters. The Bertz CT molecular complexity index is 832. The Morgan fingerprint density at radius 2 is 2.00 bits per heavy atom. The number of aromatic nitrogens is 3. The zero-order chi connectivity index (χ0) is 13.6. The predicted octanol–water partition coefficient (Wildman–Crippen LogP) is 3.84. The van der Waals surface area contributed by atoms with Crippen molar-refractivity contribution in [2.75, 3.05) is 0 Å². The van der Waals surface area contributed by atoms with E-state index < -0.39 is 0 Å². The van der Waals surface area contributed by atoms with Crippen LogP contribution in [-0.4, -0.2) is 14.5 Å². The molecular weight excluding hydrogens is 261 g/mol. The van der Waals surface area contributed by atoms with Gasteiger partial charge < -0.3 is 4.98 Å². The second-order valence-corrected chi connectivity index (χ2v) is 4.99. The number of nitrogens with one attached hydrogen (secondary N) is 1. The first kappa shape index (κ1) is 12.0. The van der Waals surface area contributed by atoms with Gasteiger partial charge in [0, 0.05) is 6.20 Å². The summed E-state index contributed by atoms with van der Waals surface area (Å²) in [6.45, 7) is 3.87. The van der Waals surface area contributed by atoms with Crippen LogP contribution >= 0.6 is 12.2 Å². The smallest absolute Gasteiger partial charge is 0.184 e. The van der Waals surface area contributed by atoms with Gasteiger partial charge in [0.05, 0.1) is 11.2 Å². The first-order valence-electron chi connectivity index (χ1n) is 5.90. The molecule has 0 radical (unpaired) electrons. The third kappa shape index (κ3) is 1.96. The number of halogens is 1. The van der Waals surface area contributed by atoms with Crippen molar-refractivity contribution in [3.05, 3.63) is 52.2 Å². The van der Waals surface area contributed by atoms with Crippen LogP contribution in [0.25, 0.3) is 16.9 Å². The molecule has 3 aromatic rings. The van der Waals surface area contributed by atoms with Crippen LogP contribution in [0.1, 0.15) is 11.1 Å². The molecule has 0 aliphatic heterocycles. The Balaban J connectivity index is 2.39. The molecule has 0 saturated heterocycles. The van der Waals surface area contributed by atoms with E-state index in [1.807, 2.05) is 19.9 Å². The van der Waals surface area contributed by atoms with Crippen LogP contribution in [0, 0.1) is 24.4 Å². The molecule has 5 heteroatoms. The number of hydrogen-bond acceptors (Lipinski definition) is 2. The molecule has 1 aromatic carbocycles. The van der Waals surface area contributed by atoms with E-state index in [1.54, 1.807) is 22.9 Å². The SMILES string of the molecule is Cc1ccc(F)c(-n2c(=S)[nH]c3cc(C)cnc32)c1. The summed E-state index contributed by atoms with van der Waals surface area (Å²) in [5, 5.41) is 0. The average molecular weight is 273 g/mol. The average Bonchev–Trinajstić information content (AvgIpc) is 2.67.